The molecule has 2 N–H and O–H groups in total. The number of aliphatic carboxylic acids is 1. The van der Waals surface area contributed by atoms with Crippen molar-refractivity contribution < 1.29 is 9.90 Å². The molecule has 94 valence electrons. The molecular formula is C11H17N3O3. The maximum Gasteiger partial charge on any atom is 0.323 e. The van der Waals surface area contributed by atoms with E-state index in [9.17, 15) is 9.59 Å². The van der Waals surface area contributed by atoms with E-state index in [1.807, 2.05) is 20.8 Å². The van der Waals surface area contributed by atoms with Crippen LogP contribution < -0.4 is 10.5 Å². The zero-order chi connectivity index (χ0) is 13.2. The van der Waals surface area contributed by atoms with Gasteiger partial charge in [-0.15, -0.1) is 0 Å². The highest BCUT2D eigenvalue weighted by molar-refractivity contribution is 5.73. The van der Waals surface area contributed by atoms with Crippen LogP contribution in [0.25, 0.3) is 0 Å². The van der Waals surface area contributed by atoms with Gasteiger partial charge in [0.1, 0.15) is 18.2 Å². The fourth-order valence-electron chi connectivity index (χ4n) is 1.50. The van der Waals surface area contributed by atoms with Gasteiger partial charge in [0.05, 0.1) is 0 Å². The molecule has 0 bridgehead atoms. The highest BCUT2D eigenvalue weighted by Crippen LogP contribution is 2.20. The third-order valence-corrected chi connectivity index (χ3v) is 2.23. The second kappa shape index (κ2) is 4.57. The van der Waals surface area contributed by atoms with Crippen LogP contribution in [-0.2, 0) is 4.79 Å². The summed E-state index contributed by atoms with van der Waals surface area (Å²) in [6.07, 6.45) is 0. The summed E-state index contributed by atoms with van der Waals surface area (Å²) >= 11 is 0. The molecule has 0 saturated carbocycles. The van der Waals surface area contributed by atoms with E-state index in [0.717, 1.165) is 0 Å². The second-order valence-corrected chi connectivity index (χ2v) is 4.84. The van der Waals surface area contributed by atoms with Gasteiger partial charge in [-0.1, -0.05) is 0 Å². The Morgan fingerprint density at radius 1 is 1.53 bits per heavy atom. The molecule has 0 aromatic carbocycles. The number of nitrogens with one attached hydrogen (secondary N) is 1. The molecule has 0 saturated heterocycles. The maximum atomic E-state index is 11.4. The summed E-state index contributed by atoms with van der Waals surface area (Å²) in [7, 11) is 0. The van der Waals surface area contributed by atoms with E-state index >= 15 is 0 Å². The molecule has 1 rings (SSSR count). The van der Waals surface area contributed by atoms with Gasteiger partial charge in [-0.25, -0.2) is 4.98 Å². The van der Waals surface area contributed by atoms with Crippen molar-refractivity contribution in [1.29, 1.82) is 0 Å². The summed E-state index contributed by atoms with van der Waals surface area (Å²) in [4.78, 5) is 30.5. The van der Waals surface area contributed by atoms with Gasteiger partial charge in [0, 0.05) is 11.6 Å². The number of aromatic nitrogens is 2. The average molecular weight is 239 g/mol. The number of hydrogen-bond acceptors (Lipinski definition) is 4. The minimum Gasteiger partial charge on any atom is -0.480 e. The number of carboxylic acid groups (broad SMARTS) is 1. The summed E-state index contributed by atoms with van der Waals surface area (Å²) in [6, 6.07) is 1.31. The predicted octanol–water partition coefficient (Wildman–Crippen LogP) is 0.768. The quantitative estimate of drug-likeness (QED) is 0.813. The van der Waals surface area contributed by atoms with Gasteiger partial charge in [-0.3, -0.25) is 9.59 Å². The third-order valence-electron chi connectivity index (χ3n) is 2.23. The number of nitrogens with zero attached hydrogens (tertiary/aromatic N) is 2. The zero-order valence-electron chi connectivity index (χ0n) is 10.4. The fourth-order valence-corrected chi connectivity index (χ4v) is 1.50. The van der Waals surface area contributed by atoms with E-state index in [1.54, 1.807) is 11.8 Å². The predicted molar refractivity (Wildman–Crippen MR) is 64.3 cm³/mol. The number of aromatic amines is 1. The van der Waals surface area contributed by atoms with E-state index < -0.39 is 11.5 Å². The first kappa shape index (κ1) is 13.2. The molecule has 0 aliphatic heterocycles. The lowest BCUT2D eigenvalue weighted by Gasteiger charge is -2.35. The molecule has 0 radical (unpaired) electrons. The van der Waals surface area contributed by atoms with Gasteiger partial charge in [0.2, 0.25) is 0 Å². The van der Waals surface area contributed by atoms with Crippen molar-refractivity contribution in [2.75, 3.05) is 11.4 Å². The van der Waals surface area contributed by atoms with Crippen molar-refractivity contribution >= 4 is 11.8 Å². The molecule has 0 amide bonds. The van der Waals surface area contributed by atoms with Crippen LogP contribution in [0.15, 0.2) is 10.9 Å². The Hall–Kier alpha value is -1.85. The van der Waals surface area contributed by atoms with Gasteiger partial charge in [-0.2, -0.15) is 0 Å². The van der Waals surface area contributed by atoms with Crippen molar-refractivity contribution in [2.45, 2.75) is 33.2 Å². The smallest absolute Gasteiger partial charge is 0.323 e. The molecular weight excluding hydrogens is 222 g/mol. The second-order valence-electron chi connectivity index (χ2n) is 4.84. The zero-order valence-corrected chi connectivity index (χ0v) is 10.4. The topological polar surface area (TPSA) is 86.3 Å². The Bertz CT molecular complexity index is 474. The molecule has 0 unspecified atom stereocenters. The highest BCUT2D eigenvalue weighted by atomic mass is 16.4. The van der Waals surface area contributed by atoms with Crippen molar-refractivity contribution in [1.82, 2.24) is 9.97 Å². The summed E-state index contributed by atoms with van der Waals surface area (Å²) in [5.74, 6) is -0.118. The minimum absolute atomic E-state index is 0.195. The Balaban J connectivity index is 3.21. The Kier molecular flexibility index (Phi) is 3.55. The lowest BCUT2D eigenvalue weighted by Crippen LogP contribution is -2.45. The van der Waals surface area contributed by atoms with Crippen LogP contribution in [0.2, 0.25) is 0 Å². The molecule has 0 aliphatic carbocycles. The van der Waals surface area contributed by atoms with E-state index in [1.165, 1.54) is 6.07 Å². The van der Waals surface area contributed by atoms with Gasteiger partial charge in [0.25, 0.3) is 5.56 Å². The lowest BCUT2D eigenvalue weighted by molar-refractivity contribution is -0.135. The normalized spacial score (nSPS) is 11.3. The SMILES string of the molecule is Cc1nc(N(CC(=O)O)C(C)(C)C)cc(=O)[nH]1. The number of H-pyrrole nitrogens is 1. The Morgan fingerprint density at radius 3 is 2.53 bits per heavy atom. The first-order valence-electron chi connectivity index (χ1n) is 5.27. The number of hydrogen-bond donors (Lipinski definition) is 2. The standard InChI is InChI=1S/C11H17N3O3/c1-7-12-8(5-9(15)13-7)14(6-10(16)17)11(2,3)4/h5H,6H2,1-4H3,(H,16,17)(H,12,13,15). The largest absolute Gasteiger partial charge is 0.480 e. The van der Waals surface area contributed by atoms with Gasteiger partial charge < -0.3 is 15.0 Å². The molecule has 0 spiro atoms. The van der Waals surface area contributed by atoms with Crippen LogP contribution in [-0.4, -0.2) is 33.1 Å². The summed E-state index contributed by atoms with van der Waals surface area (Å²) in [5, 5.41) is 8.89. The van der Waals surface area contributed by atoms with E-state index in [-0.39, 0.29) is 12.1 Å². The molecule has 0 atom stereocenters. The van der Waals surface area contributed by atoms with Gasteiger partial charge >= 0.3 is 5.97 Å². The summed E-state index contributed by atoms with van der Waals surface area (Å²) in [6.45, 7) is 7.07. The highest BCUT2D eigenvalue weighted by Gasteiger charge is 2.25. The first-order valence-corrected chi connectivity index (χ1v) is 5.27. The summed E-state index contributed by atoms with van der Waals surface area (Å²) in [5.41, 5.74) is -0.710. The molecule has 0 aliphatic rings. The van der Waals surface area contributed by atoms with E-state index in [4.69, 9.17) is 5.11 Å². The Labute approximate surface area is 99.3 Å². The molecule has 6 nitrogen and oxygen atoms in total. The monoisotopic (exact) mass is 239 g/mol. The third kappa shape index (κ3) is 3.58. The van der Waals surface area contributed by atoms with Crippen LogP contribution in [0, 0.1) is 6.92 Å². The van der Waals surface area contributed by atoms with Crippen LogP contribution in [0.4, 0.5) is 5.82 Å². The van der Waals surface area contributed by atoms with E-state index in [2.05, 4.69) is 9.97 Å². The van der Waals surface area contributed by atoms with Crippen molar-refractivity contribution in [3.05, 3.63) is 22.2 Å². The van der Waals surface area contributed by atoms with E-state index in [0.29, 0.717) is 11.6 Å². The van der Waals surface area contributed by atoms with Crippen molar-refractivity contribution in [2.24, 2.45) is 0 Å². The van der Waals surface area contributed by atoms with Gasteiger partial charge in [-0.05, 0) is 27.7 Å². The van der Waals surface area contributed by atoms with Crippen LogP contribution >= 0.6 is 0 Å². The van der Waals surface area contributed by atoms with Crippen molar-refractivity contribution in [3.63, 3.8) is 0 Å². The minimum atomic E-state index is -0.959. The number of aryl methyl sites for hydroxylation is 1. The first-order chi connectivity index (χ1) is 7.70. The molecule has 1 aromatic heterocycles. The molecule has 6 heteroatoms. The number of carbonyl (C=O) groups is 1. The molecule has 17 heavy (non-hydrogen) atoms. The summed E-state index contributed by atoms with van der Waals surface area (Å²) < 4.78 is 0. The molecule has 1 heterocycles. The maximum absolute atomic E-state index is 11.4. The van der Waals surface area contributed by atoms with Crippen molar-refractivity contribution in [3.8, 4) is 0 Å². The van der Waals surface area contributed by atoms with Gasteiger partial charge in [0.15, 0.2) is 0 Å². The molecule has 0 fully saturated rings. The number of carboxylic acids is 1. The van der Waals surface area contributed by atoms with Crippen LogP contribution in [0.1, 0.15) is 26.6 Å². The number of anilines is 1. The number of rotatable bonds is 3. The average Bonchev–Trinajstić information content (AvgIpc) is 2.10. The van der Waals surface area contributed by atoms with Crippen LogP contribution in [0.5, 0.6) is 0 Å². The lowest BCUT2D eigenvalue weighted by atomic mass is 10.1. The fraction of sp³-hybridized carbons (Fsp3) is 0.545. The van der Waals surface area contributed by atoms with Crippen LogP contribution in [0.3, 0.4) is 0 Å². The molecule has 1 aromatic rings. The Morgan fingerprint density at radius 2 is 2.12 bits per heavy atom.